The second kappa shape index (κ2) is 8.29. The molecule has 1 aromatic heterocycles. The summed E-state index contributed by atoms with van der Waals surface area (Å²) < 4.78 is 5.56. The Kier molecular flexibility index (Phi) is 5.86. The third kappa shape index (κ3) is 4.15. The van der Waals surface area contributed by atoms with Crippen LogP contribution in [0.15, 0.2) is 42.7 Å². The van der Waals surface area contributed by atoms with Gasteiger partial charge in [-0.05, 0) is 67.0 Å². The van der Waals surface area contributed by atoms with Crippen LogP contribution in [0.1, 0.15) is 44.6 Å². The van der Waals surface area contributed by atoms with Gasteiger partial charge in [-0.3, -0.25) is 4.98 Å². The molecule has 1 aromatic carbocycles. The number of hydrogen-bond acceptors (Lipinski definition) is 3. The number of benzene rings is 1. The summed E-state index contributed by atoms with van der Waals surface area (Å²) in [5.74, 6) is 1.90. The fourth-order valence-corrected chi connectivity index (χ4v) is 3.67. The van der Waals surface area contributed by atoms with Crippen molar-refractivity contribution in [3.63, 3.8) is 0 Å². The number of hydrogen-bond donors (Lipinski definition) is 1. The van der Waals surface area contributed by atoms with E-state index in [2.05, 4.69) is 35.4 Å². The van der Waals surface area contributed by atoms with Crippen LogP contribution < -0.4 is 10.1 Å². The Morgan fingerprint density at radius 2 is 1.79 bits per heavy atom. The molecular formula is C21H28N2O. The van der Waals surface area contributed by atoms with E-state index in [-0.39, 0.29) is 0 Å². The number of rotatable bonds is 6. The molecule has 24 heavy (non-hydrogen) atoms. The first-order valence-corrected chi connectivity index (χ1v) is 9.10. The number of nitrogens with zero attached hydrogens (tertiary/aromatic N) is 1. The van der Waals surface area contributed by atoms with Crippen LogP contribution in [0.2, 0.25) is 0 Å². The van der Waals surface area contributed by atoms with Crippen LogP contribution >= 0.6 is 0 Å². The van der Waals surface area contributed by atoms with Crippen molar-refractivity contribution in [3.05, 3.63) is 48.3 Å². The lowest BCUT2D eigenvalue weighted by Crippen LogP contribution is -2.32. The topological polar surface area (TPSA) is 34.2 Å². The molecular weight excluding hydrogens is 296 g/mol. The molecule has 0 radical (unpaired) electrons. The first kappa shape index (κ1) is 17.0. The standard InChI is InChI=1S/C21H28N2O/c1-3-16-4-7-20(8-5-16)23-15-19-14-18(6-9-21(19)24-2)17-10-12-22-13-11-17/h6,9-14,16,20,23H,3-5,7-8,15H2,1-2H3. The smallest absolute Gasteiger partial charge is 0.123 e. The van der Waals surface area contributed by atoms with E-state index in [1.165, 1.54) is 48.8 Å². The molecule has 3 nitrogen and oxygen atoms in total. The minimum atomic E-state index is 0.641. The lowest BCUT2D eigenvalue weighted by atomic mass is 9.84. The normalized spacial score (nSPS) is 20.8. The van der Waals surface area contributed by atoms with Gasteiger partial charge in [-0.1, -0.05) is 19.4 Å². The van der Waals surface area contributed by atoms with Crippen molar-refractivity contribution >= 4 is 0 Å². The molecule has 3 heteroatoms. The highest BCUT2D eigenvalue weighted by atomic mass is 16.5. The Morgan fingerprint density at radius 1 is 1.04 bits per heavy atom. The monoisotopic (exact) mass is 324 g/mol. The van der Waals surface area contributed by atoms with E-state index in [9.17, 15) is 0 Å². The molecule has 1 aliphatic carbocycles. The summed E-state index contributed by atoms with van der Waals surface area (Å²) in [6.45, 7) is 3.18. The second-order valence-corrected chi connectivity index (χ2v) is 6.77. The van der Waals surface area contributed by atoms with Gasteiger partial charge in [0.2, 0.25) is 0 Å². The van der Waals surface area contributed by atoms with Gasteiger partial charge in [0.1, 0.15) is 5.75 Å². The van der Waals surface area contributed by atoms with Crippen LogP contribution in [0.5, 0.6) is 5.75 Å². The molecule has 1 aliphatic rings. The Balaban J connectivity index is 1.68. The zero-order valence-electron chi connectivity index (χ0n) is 14.8. The van der Waals surface area contributed by atoms with Crippen molar-refractivity contribution in [2.24, 2.45) is 5.92 Å². The first-order chi connectivity index (χ1) is 11.8. The molecule has 2 aromatic rings. The van der Waals surface area contributed by atoms with Crippen molar-refractivity contribution in [1.82, 2.24) is 10.3 Å². The molecule has 1 fully saturated rings. The predicted molar refractivity (Wildman–Crippen MR) is 99.1 cm³/mol. The maximum atomic E-state index is 5.56. The lowest BCUT2D eigenvalue weighted by molar-refractivity contribution is 0.284. The summed E-state index contributed by atoms with van der Waals surface area (Å²) in [6, 6.07) is 11.2. The van der Waals surface area contributed by atoms with Gasteiger partial charge in [-0.15, -0.1) is 0 Å². The van der Waals surface area contributed by atoms with E-state index in [4.69, 9.17) is 4.74 Å². The van der Waals surface area contributed by atoms with Crippen molar-refractivity contribution in [3.8, 4) is 16.9 Å². The molecule has 0 unspecified atom stereocenters. The van der Waals surface area contributed by atoms with Gasteiger partial charge in [0.15, 0.2) is 0 Å². The van der Waals surface area contributed by atoms with E-state index in [0.717, 1.165) is 18.2 Å². The SMILES string of the molecule is CCC1CCC(NCc2cc(-c3ccncc3)ccc2OC)CC1. The summed E-state index contributed by atoms with van der Waals surface area (Å²) >= 11 is 0. The molecule has 128 valence electrons. The van der Waals surface area contributed by atoms with Crippen LogP contribution in [0.3, 0.4) is 0 Å². The van der Waals surface area contributed by atoms with Crippen LogP contribution in [0, 0.1) is 5.92 Å². The Bertz CT molecular complexity index is 634. The predicted octanol–water partition coefficient (Wildman–Crippen LogP) is 4.82. The van der Waals surface area contributed by atoms with Crippen LogP contribution in [0.4, 0.5) is 0 Å². The Hall–Kier alpha value is -1.87. The maximum absolute atomic E-state index is 5.56. The summed E-state index contributed by atoms with van der Waals surface area (Å²) in [4.78, 5) is 4.10. The number of methoxy groups -OCH3 is 1. The van der Waals surface area contributed by atoms with E-state index in [1.807, 2.05) is 24.5 Å². The second-order valence-electron chi connectivity index (χ2n) is 6.77. The van der Waals surface area contributed by atoms with Gasteiger partial charge in [0, 0.05) is 30.5 Å². The Labute approximate surface area is 145 Å². The number of ether oxygens (including phenoxy) is 1. The van der Waals surface area contributed by atoms with E-state index < -0.39 is 0 Å². The van der Waals surface area contributed by atoms with Crippen molar-refractivity contribution < 1.29 is 4.74 Å². The molecule has 1 saturated carbocycles. The quantitative estimate of drug-likeness (QED) is 0.827. The molecule has 0 bridgehead atoms. The minimum Gasteiger partial charge on any atom is -0.496 e. The van der Waals surface area contributed by atoms with Gasteiger partial charge in [0.25, 0.3) is 0 Å². The van der Waals surface area contributed by atoms with Crippen LogP contribution in [0.25, 0.3) is 11.1 Å². The van der Waals surface area contributed by atoms with Gasteiger partial charge in [-0.2, -0.15) is 0 Å². The lowest BCUT2D eigenvalue weighted by Gasteiger charge is -2.28. The first-order valence-electron chi connectivity index (χ1n) is 9.10. The average molecular weight is 324 g/mol. The van der Waals surface area contributed by atoms with Crippen molar-refractivity contribution in [1.29, 1.82) is 0 Å². The summed E-state index contributed by atoms with van der Waals surface area (Å²) in [7, 11) is 1.75. The third-order valence-electron chi connectivity index (χ3n) is 5.30. The summed E-state index contributed by atoms with van der Waals surface area (Å²) in [5.41, 5.74) is 3.63. The highest BCUT2D eigenvalue weighted by Gasteiger charge is 2.19. The van der Waals surface area contributed by atoms with Gasteiger partial charge < -0.3 is 10.1 Å². The van der Waals surface area contributed by atoms with Crippen LogP contribution in [-0.4, -0.2) is 18.1 Å². The van der Waals surface area contributed by atoms with E-state index >= 15 is 0 Å². The van der Waals surface area contributed by atoms with Crippen molar-refractivity contribution in [2.75, 3.05) is 7.11 Å². The molecule has 1 N–H and O–H groups in total. The third-order valence-corrected chi connectivity index (χ3v) is 5.30. The van der Waals surface area contributed by atoms with Crippen LogP contribution in [-0.2, 0) is 6.54 Å². The van der Waals surface area contributed by atoms with Gasteiger partial charge in [-0.25, -0.2) is 0 Å². The molecule has 3 rings (SSSR count). The fraction of sp³-hybridized carbons (Fsp3) is 0.476. The zero-order chi connectivity index (χ0) is 16.8. The number of aromatic nitrogens is 1. The fourth-order valence-electron chi connectivity index (χ4n) is 3.67. The van der Waals surface area contributed by atoms with Crippen molar-refractivity contribution in [2.45, 2.75) is 51.6 Å². The minimum absolute atomic E-state index is 0.641. The van der Waals surface area contributed by atoms with Gasteiger partial charge in [0.05, 0.1) is 7.11 Å². The number of pyridine rings is 1. The average Bonchev–Trinajstić information content (AvgIpc) is 2.67. The Morgan fingerprint density at radius 3 is 2.46 bits per heavy atom. The van der Waals surface area contributed by atoms with E-state index in [0.29, 0.717) is 6.04 Å². The number of nitrogens with one attached hydrogen (secondary N) is 1. The highest BCUT2D eigenvalue weighted by Crippen LogP contribution is 2.29. The molecule has 0 spiro atoms. The van der Waals surface area contributed by atoms with E-state index in [1.54, 1.807) is 7.11 Å². The van der Waals surface area contributed by atoms with Gasteiger partial charge >= 0.3 is 0 Å². The molecule has 0 amide bonds. The zero-order valence-corrected chi connectivity index (χ0v) is 14.8. The molecule has 0 saturated heterocycles. The highest BCUT2D eigenvalue weighted by molar-refractivity contribution is 5.65. The molecule has 1 heterocycles. The molecule has 0 aliphatic heterocycles. The maximum Gasteiger partial charge on any atom is 0.123 e. The molecule has 0 atom stereocenters. The summed E-state index contributed by atoms with van der Waals surface area (Å²) in [6.07, 6.45) is 10.3. The summed E-state index contributed by atoms with van der Waals surface area (Å²) in [5, 5.41) is 3.74. The largest absolute Gasteiger partial charge is 0.496 e.